The maximum absolute atomic E-state index is 13.1. The number of H-pyrrole nitrogens is 1. The van der Waals surface area contributed by atoms with Gasteiger partial charge in [-0.15, -0.1) is 0 Å². The first-order chi connectivity index (χ1) is 14.9. The van der Waals surface area contributed by atoms with Crippen LogP contribution in [0.3, 0.4) is 0 Å². The van der Waals surface area contributed by atoms with Gasteiger partial charge in [0.1, 0.15) is 5.56 Å². The lowest BCUT2D eigenvalue weighted by Crippen LogP contribution is -2.36. The minimum Gasteiger partial charge on any atom is -0.396 e. The van der Waals surface area contributed by atoms with Crippen LogP contribution in [-0.4, -0.2) is 27.0 Å². The number of hydrogen-bond acceptors (Lipinski definition) is 5. The van der Waals surface area contributed by atoms with E-state index in [2.05, 4.69) is 10.3 Å². The summed E-state index contributed by atoms with van der Waals surface area (Å²) in [6.07, 6.45) is 2.04. The number of nitrogens with one attached hydrogen (secondary N) is 2. The van der Waals surface area contributed by atoms with Gasteiger partial charge in [-0.25, -0.2) is 0 Å². The summed E-state index contributed by atoms with van der Waals surface area (Å²) in [7, 11) is 0. The van der Waals surface area contributed by atoms with Crippen molar-refractivity contribution in [2.45, 2.75) is 19.4 Å². The predicted molar refractivity (Wildman–Crippen MR) is 117 cm³/mol. The number of rotatable bonds is 6. The molecule has 3 N–H and O–H groups in total. The molecule has 0 unspecified atom stereocenters. The highest BCUT2D eigenvalue weighted by atomic mass is 35.5. The molecule has 0 bridgehead atoms. The molecule has 8 nitrogen and oxygen atoms in total. The summed E-state index contributed by atoms with van der Waals surface area (Å²) in [4.78, 5) is 52.9. The van der Waals surface area contributed by atoms with E-state index in [-0.39, 0.29) is 29.6 Å². The molecule has 0 aliphatic carbocycles. The fourth-order valence-electron chi connectivity index (χ4n) is 3.53. The second-order valence-corrected chi connectivity index (χ2v) is 7.61. The zero-order chi connectivity index (χ0) is 22.1. The smallest absolute Gasteiger partial charge is 0.320 e. The number of nitrogens with zero attached hydrogens (tertiary/aromatic N) is 1. The molecule has 4 rings (SSSR count). The van der Waals surface area contributed by atoms with Crippen molar-refractivity contribution < 1.29 is 9.90 Å². The van der Waals surface area contributed by atoms with Gasteiger partial charge in [0.25, 0.3) is 5.91 Å². The van der Waals surface area contributed by atoms with Crippen molar-refractivity contribution in [3.8, 4) is 0 Å². The van der Waals surface area contributed by atoms with Gasteiger partial charge in [0, 0.05) is 29.8 Å². The summed E-state index contributed by atoms with van der Waals surface area (Å²) >= 11 is 5.86. The molecule has 0 radical (unpaired) electrons. The van der Waals surface area contributed by atoms with Crippen molar-refractivity contribution in [2.24, 2.45) is 0 Å². The van der Waals surface area contributed by atoms with Crippen molar-refractivity contribution in [1.82, 2.24) is 14.7 Å². The topological polar surface area (TPSA) is 121 Å². The Morgan fingerprint density at radius 1 is 1.10 bits per heavy atom. The van der Waals surface area contributed by atoms with Crippen LogP contribution >= 0.6 is 11.6 Å². The van der Waals surface area contributed by atoms with Crippen molar-refractivity contribution in [1.29, 1.82) is 0 Å². The average Bonchev–Trinajstić information content (AvgIpc) is 2.76. The normalized spacial score (nSPS) is 11.3. The second-order valence-electron chi connectivity index (χ2n) is 7.18. The third kappa shape index (κ3) is 3.95. The Kier molecular flexibility index (Phi) is 5.58. The van der Waals surface area contributed by atoms with E-state index >= 15 is 0 Å². The van der Waals surface area contributed by atoms with Crippen molar-refractivity contribution in [2.75, 3.05) is 6.61 Å². The average molecular weight is 440 g/mol. The van der Waals surface area contributed by atoms with Crippen LogP contribution in [0.5, 0.6) is 0 Å². The van der Waals surface area contributed by atoms with Crippen molar-refractivity contribution in [3.05, 3.63) is 95.2 Å². The molecule has 1 amide bonds. The lowest BCUT2D eigenvalue weighted by molar-refractivity contribution is 0.0949. The number of aryl methyl sites for hydroxylation is 1. The summed E-state index contributed by atoms with van der Waals surface area (Å²) in [6.45, 7) is 0.124. The molecular weight excluding hydrogens is 422 g/mol. The maximum Gasteiger partial charge on any atom is 0.320 e. The second kappa shape index (κ2) is 8.33. The van der Waals surface area contributed by atoms with Crippen LogP contribution in [0.2, 0.25) is 5.02 Å². The number of hydrogen-bond donors (Lipinski definition) is 3. The van der Waals surface area contributed by atoms with Crippen LogP contribution in [0.4, 0.5) is 0 Å². The summed E-state index contributed by atoms with van der Waals surface area (Å²) < 4.78 is 1.04. The first-order valence-electron chi connectivity index (χ1n) is 9.60. The predicted octanol–water partition coefficient (Wildman–Crippen LogP) is 1.45. The molecule has 0 aliphatic rings. The molecule has 0 fully saturated rings. The van der Waals surface area contributed by atoms with Gasteiger partial charge in [0.2, 0.25) is 5.43 Å². The lowest BCUT2D eigenvalue weighted by Gasteiger charge is -2.11. The molecule has 2 heterocycles. The van der Waals surface area contributed by atoms with Crippen LogP contribution in [0, 0.1) is 0 Å². The van der Waals surface area contributed by atoms with Gasteiger partial charge in [0.05, 0.1) is 11.0 Å². The van der Waals surface area contributed by atoms with E-state index in [0.717, 1.165) is 16.2 Å². The van der Waals surface area contributed by atoms with Crippen LogP contribution in [0.15, 0.2) is 57.0 Å². The third-order valence-corrected chi connectivity index (χ3v) is 5.31. The Morgan fingerprint density at radius 3 is 2.55 bits per heavy atom. The molecular formula is C22H18ClN3O5. The molecule has 158 valence electrons. The number of aliphatic hydroxyl groups excluding tert-OH is 1. The molecule has 0 saturated carbocycles. The minimum atomic E-state index is -0.882. The van der Waals surface area contributed by atoms with E-state index in [9.17, 15) is 19.2 Å². The molecule has 0 spiro atoms. The standard InChI is InChI=1S/C22H18ClN3O5/c23-14-5-3-12(4-6-14)10-24-20(29)16-11-26-18-15(19(16)28)8-13(2-1-7-27)9-17(18)25-21(30)22(26)31/h3-6,8-9,11,27H,1-2,7,10H2,(H,24,29)(H,25,30). The Bertz CT molecular complexity index is 1460. The molecule has 0 atom stereocenters. The van der Waals surface area contributed by atoms with Gasteiger partial charge >= 0.3 is 11.1 Å². The van der Waals surface area contributed by atoms with Gasteiger partial charge in [-0.2, -0.15) is 0 Å². The molecule has 2 aromatic carbocycles. The van der Waals surface area contributed by atoms with Crippen LogP contribution in [0.25, 0.3) is 16.4 Å². The van der Waals surface area contributed by atoms with Gasteiger partial charge < -0.3 is 15.4 Å². The highest BCUT2D eigenvalue weighted by Gasteiger charge is 2.19. The Morgan fingerprint density at radius 2 is 1.84 bits per heavy atom. The van der Waals surface area contributed by atoms with Crippen LogP contribution in [0.1, 0.15) is 27.9 Å². The first kappa shape index (κ1) is 20.8. The zero-order valence-electron chi connectivity index (χ0n) is 16.3. The summed E-state index contributed by atoms with van der Waals surface area (Å²) in [5, 5.41) is 12.5. The number of amides is 1. The largest absolute Gasteiger partial charge is 0.396 e. The van der Waals surface area contributed by atoms with Gasteiger partial charge in [-0.3, -0.25) is 23.6 Å². The number of carbonyl (C=O) groups is 1. The first-order valence-corrected chi connectivity index (χ1v) is 9.98. The highest BCUT2D eigenvalue weighted by molar-refractivity contribution is 6.30. The van der Waals surface area contributed by atoms with E-state index in [1.54, 1.807) is 36.4 Å². The van der Waals surface area contributed by atoms with E-state index in [1.165, 1.54) is 0 Å². The van der Waals surface area contributed by atoms with Gasteiger partial charge in [-0.1, -0.05) is 23.7 Å². The monoisotopic (exact) mass is 439 g/mol. The highest BCUT2D eigenvalue weighted by Crippen LogP contribution is 2.19. The molecule has 0 aliphatic heterocycles. The molecule has 0 saturated heterocycles. The number of aromatic nitrogens is 2. The number of aromatic amines is 1. The number of halogens is 1. The van der Waals surface area contributed by atoms with Gasteiger partial charge in [0.15, 0.2) is 0 Å². The number of carbonyl (C=O) groups excluding carboxylic acids is 1. The van der Waals surface area contributed by atoms with Crippen LogP contribution in [-0.2, 0) is 13.0 Å². The van der Waals surface area contributed by atoms with E-state index in [0.29, 0.717) is 28.9 Å². The maximum atomic E-state index is 13.1. The van der Waals surface area contributed by atoms with Crippen LogP contribution < -0.4 is 21.9 Å². The van der Waals surface area contributed by atoms with E-state index < -0.39 is 22.5 Å². The lowest BCUT2D eigenvalue weighted by atomic mass is 10.0. The fourth-order valence-corrected chi connectivity index (χ4v) is 3.66. The molecule has 31 heavy (non-hydrogen) atoms. The summed E-state index contributed by atoms with van der Waals surface area (Å²) in [6, 6.07) is 10.1. The molecule has 2 aromatic heterocycles. The fraction of sp³-hybridized carbons (Fsp3) is 0.182. The van der Waals surface area contributed by atoms with Crippen molar-refractivity contribution >= 4 is 33.9 Å². The summed E-state index contributed by atoms with van der Waals surface area (Å²) in [5.41, 5.74) is -0.475. The van der Waals surface area contributed by atoms with Gasteiger partial charge in [-0.05, 0) is 48.2 Å². The van der Waals surface area contributed by atoms with E-state index in [4.69, 9.17) is 16.7 Å². The summed E-state index contributed by atoms with van der Waals surface area (Å²) in [5.74, 6) is -0.660. The number of aliphatic hydroxyl groups is 1. The zero-order valence-corrected chi connectivity index (χ0v) is 17.0. The third-order valence-electron chi connectivity index (χ3n) is 5.05. The Hall–Kier alpha value is -3.49. The molecule has 4 aromatic rings. The Balaban J connectivity index is 1.83. The quantitative estimate of drug-likeness (QED) is 0.393. The van der Waals surface area contributed by atoms with E-state index in [1.807, 2.05) is 0 Å². The number of pyridine rings is 1. The van der Waals surface area contributed by atoms with Crippen molar-refractivity contribution in [3.63, 3.8) is 0 Å². The number of benzene rings is 2. The molecule has 9 heteroatoms. The minimum absolute atomic E-state index is 0.0322. The Labute approximate surface area is 180 Å². The SMILES string of the molecule is O=C(NCc1ccc(Cl)cc1)c1cn2c(=O)c(=O)[nH]c3cc(CCCO)cc(c1=O)c32.